The predicted octanol–water partition coefficient (Wildman–Crippen LogP) is 1.70. The average molecular weight is 245 g/mol. The second kappa shape index (κ2) is 5.73. The van der Waals surface area contributed by atoms with Crippen molar-refractivity contribution in [1.82, 2.24) is 25.1 Å². The smallest absolute Gasteiger partial charge is 0.148 e. The van der Waals surface area contributed by atoms with E-state index in [0.29, 0.717) is 0 Å². The van der Waals surface area contributed by atoms with Gasteiger partial charge in [0.2, 0.25) is 0 Å². The zero-order valence-electron chi connectivity index (χ0n) is 11.1. The van der Waals surface area contributed by atoms with Crippen LogP contribution in [0.5, 0.6) is 0 Å². The van der Waals surface area contributed by atoms with Crippen molar-refractivity contribution >= 4 is 0 Å². The number of nitrogens with one attached hydrogen (secondary N) is 1. The first kappa shape index (κ1) is 12.7. The van der Waals surface area contributed by atoms with Gasteiger partial charge in [-0.3, -0.25) is 4.98 Å². The van der Waals surface area contributed by atoms with E-state index in [2.05, 4.69) is 33.4 Å². The van der Waals surface area contributed by atoms with E-state index in [1.165, 1.54) is 0 Å². The molecule has 0 aliphatic carbocycles. The van der Waals surface area contributed by atoms with Gasteiger partial charge >= 0.3 is 0 Å². The fraction of sp³-hybridized carbons (Fsp3) is 0.462. The van der Waals surface area contributed by atoms with Crippen molar-refractivity contribution in [2.45, 2.75) is 32.9 Å². The third-order valence-corrected chi connectivity index (χ3v) is 2.99. The van der Waals surface area contributed by atoms with Crippen molar-refractivity contribution in [3.63, 3.8) is 0 Å². The average Bonchev–Trinajstić information content (AvgIpc) is 2.82. The number of hydrogen-bond acceptors (Lipinski definition) is 4. The van der Waals surface area contributed by atoms with E-state index in [4.69, 9.17) is 0 Å². The Morgan fingerprint density at radius 2 is 2.22 bits per heavy atom. The van der Waals surface area contributed by atoms with Crippen LogP contribution in [-0.4, -0.2) is 26.8 Å². The molecule has 0 aromatic carbocycles. The molecule has 0 amide bonds. The second-order valence-corrected chi connectivity index (χ2v) is 4.24. The summed E-state index contributed by atoms with van der Waals surface area (Å²) in [5.41, 5.74) is 2.16. The molecule has 5 nitrogen and oxygen atoms in total. The van der Waals surface area contributed by atoms with Crippen LogP contribution in [0.4, 0.5) is 0 Å². The fourth-order valence-electron chi connectivity index (χ4n) is 2.11. The van der Waals surface area contributed by atoms with Gasteiger partial charge in [-0.15, -0.1) is 0 Å². The zero-order chi connectivity index (χ0) is 13.0. The van der Waals surface area contributed by atoms with Gasteiger partial charge < -0.3 is 5.32 Å². The van der Waals surface area contributed by atoms with Crippen molar-refractivity contribution in [3.05, 3.63) is 41.7 Å². The summed E-state index contributed by atoms with van der Waals surface area (Å²) in [4.78, 5) is 8.72. The van der Waals surface area contributed by atoms with Gasteiger partial charge in [0.25, 0.3) is 0 Å². The third-order valence-electron chi connectivity index (χ3n) is 2.99. The third kappa shape index (κ3) is 2.41. The van der Waals surface area contributed by atoms with Gasteiger partial charge in [0, 0.05) is 18.4 Å². The van der Waals surface area contributed by atoms with E-state index in [0.717, 1.165) is 30.0 Å². The van der Waals surface area contributed by atoms with E-state index in [9.17, 15) is 0 Å². The molecule has 0 aliphatic rings. The predicted molar refractivity (Wildman–Crippen MR) is 70.2 cm³/mol. The van der Waals surface area contributed by atoms with Crippen molar-refractivity contribution in [2.75, 3.05) is 7.05 Å². The molecular formula is C13H19N5. The number of hydrogen-bond donors (Lipinski definition) is 1. The molecule has 2 heterocycles. The molecule has 0 bridgehead atoms. The Labute approximate surface area is 107 Å². The molecule has 18 heavy (non-hydrogen) atoms. The Morgan fingerprint density at radius 3 is 2.89 bits per heavy atom. The Hall–Kier alpha value is -1.75. The molecule has 2 aromatic rings. The number of pyridine rings is 1. The molecule has 1 atom stereocenters. The van der Waals surface area contributed by atoms with Crippen LogP contribution in [0.3, 0.4) is 0 Å². The molecular weight excluding hydrogens is 226 g/mol. The number of rotatable bonds is 5. The Kier molecular flexibility index (Phi) is 4.04. The lowest BCUT2D eigenvalue weighted by Gasteiger charge is -2.18. The first-order chi connectivity index (χ1) is 8.77. The molecule has 1 unspecified atom stereocenters. The lowest BCUT2D eigenvalue weighted by atomic mass is 10.1. The molecule has 5 heteroatoms. The van der Waals surface area contributed by atoms with Gasteiger partial charge in [-0.1, -0.05) is 13.0 Å². The van der Waals surface area contributed by atoms with Crippen molar-refractivity contribution in [2.24, 2.45) is 0 Å². The van der Waals surface area contributed by atoms with Crippen LogP contribution in [0.2, 0.25) is 0 Å². The summed E-state index contributed by atoms with van der Waals surface area (Å²) >= 11 is 0. The second-order valence-electron chi connectivity index (χ2n) is 4.24. The molecule has 1 N–H and O–H groups in total. The SMILES string of the molecule is CCCn1ncnc1C(NC)c1cccnc1C. The van der Waals surface area contributed by atoms with Gasteiger partial charge in [-0.05, 0) is 32.0 Å². The highest BCUT2D eigenvalue weighted by atomic mass is 15.3. The summed E-state index contributed by atoms with van der Waals surface area (Å²) in [6.45, 7) is 5.03. The Balaban J connectivity index is 2.39. The lowest BCUT2D eigenvalue weighted by molar-refractivity contribution is 0.524. The molecule has 96 valence electrons. The van der Waals surface area contributed by atoms with Gasteiger partial charge in [-0.25, -0.2) is 9.67 Å². The summed E-state index contributed by atoms with van der Waals surface area (Å²) in [6.07, 6.45) is 4.46. The highest BCUT2D eigenvalue weighted by molar-refractivity contribution is 5.27. The first-order valence-corrected chi connectivity index (χ1v) is 6.24. The van der Waals surface area contributed by atoms with Crippen molar-refractivity contribution in [1.29, 1.82) is 0 Å². The summed E-state index contributed by atoms with van der Waals surface area (Å²) in [7, 11) is 1.93. The van der Waals surface area contributed by atoms with E-state index < -0.39 is 0 Å². The van der Waals surface area contributed by atoms with Crippen LogP contribution in [0, 0.1) is 6.92 Å². The van der Waals surface area contributed by atoms with Crippen LogP contribution in [0.15, 0.2) is 24.7 Å². The number of aryl methyl sites for hydroxylation is 2. The molecule has 0 fully saturated rings. The topological polar surface area (TPSA) is 55.6 Å². The molecule has 0 radical (unpaired) electrons. The summed E-state index contributed by atoms with van der Waals surface area (Å²) in [5, 5.41) is 7.57. The lowest BCUT2D eigenvalue weighted by Crippen LogP contribution is -2.23. The van der Waals surface area contributed by atoms with Crippen LogP contribution in [0.25, 0.3) is 0 Å². The van der Waals surface area contributed by atoms with Crippen molar-refractivity contribution in [3.8, 4) is 0 Å². The highest BCUT2D eigenvalue weighted by Gasteiger charge is 2.19. The minimum Gasteiger partial charge on any atom is -0.307 e. The molecule has 0 saturated carbocycles. The normalized spacial score (nSPS) is 12.6. The molecule has 2 aromatic heterocycles. The molecule has 2 rings (SSSR count). The van der Waals surface area contributed by atoms with Crippen LogP contribution < -0.4 is 5.32 Å². The molecule has 0 spiro atoms. The maximum atomic E-state index is 4.39. The van der Waals surface area contributed by atoms with Crippen LogP contribution >= 0.6 is 0 Å². The maximum absolute atomic E-state index is 4.39. The number of aromatic nitrogens is 4. The minimum absolute atomic E-state index is 0.0350. The van der Waals surface area contributed by atoms with Gasteiger partial charge in [0.15, 0.2) is 0 Å². The largest absolute Gasteiger partial charge is 0.307 e. The fourth-order valence-corrected chi connectivity index (χ4v) is 2.11. The highest BCUT2D eigenvalue weighted by Crippen LogP contribution is 2.21. The van der Waals surface area contributed by atoms with Gasteiger partial charge in [0.1, 0.15) is 12.2 Å². The van der Waals surface area contributed by atoms with E-state index in [-0.39, 0.29) is 6.04 Å². The summed E-state index contributed by atoms with van der Waals surface area (Å²) in [5.74, 6) is 0.940. The Bertz CT molecular complexity index is 506. The van der Waals surface area contributed by atoms with E-state index >= 15 is 0 Å². The minimum atomic E-state index is 0.0350. The van der Waals surface area contributed by atoms with Crippen LogP contribution in [0.1, 0.15) is 36.5 Å². The molecule has 0 aliphatic heterocycles. The summed E-state index contributed by atoms with van der Waals surface area (Å²) in [6, 6.07) is 4.06. The zero-order valence-corrected chi connectivity index (χ0v) is 11.1. The first-order valence-electron chi connectivity index (χ1n) is 6.24. The van der Waals surface area contributed by atoms with E-state index in [1.807, 2.05) is 30.9 Å². The quantitative estimate of drug-likeness (QED) is 0.871. The molecule has 0 saturated heterocycles. The van der Waals surface area contributed by atoms with E-state index in [1.54, 1.807) is 6.33 Å². The van der Waals surface area contributed by atoms with Crippen LogP contribution in [-0.2, 0) is 6.54 Å². The monoisotopic (exact) mass is 245 g/mol. The Morgan fingerprint density at radius 1 is 1.39 bits per heavy atom. The maximum Gasteiger partial charge on any atom is 0.148 e. The van der Waals surface area contributed by atoms with Gasteiger partial charge in [-0.2, -0.15) is 5.10 Å². The van der Waals surface area contributed by atoms with Crippen molar-refractivity contribution < 1.29 is 0 Å². The number of nitrogens with zero attached hydrogens (tertiary/aromatic N) is 4. The summed E-state index contributed by atoms with van der Waals surface area (Å²) < 4.78 is 1.95. The standard InChI is InChI=1S/C13H19N5/c1-4-8-18-13(16-9-17-18)12(14-3)11-6-5-7-15-10(11)2/h5-7,9,12,14H,4,8H2,1-3H3. The van der Waals surface area contributed by atoms with Gasteiger partial charge in [0.05, 0.1) is 6.04 Å².